The lowest BCUT2D eigenvalue weighted by Gasteiger charge is -2.32. The average Bonchev–Trinajstić information content (AvgIpc) is 3.19. The summed E-state index contributed by atoms with van der Waals surface area (Å²) in [5, 5.41) is 45.9. The Morgan fingerprint density at radius 3 is 1.91 bits per heavy atom. The first-order valence-corrected chi connectivity index (χ1v) is 20.4. The number of nitro benzene ring substituents is 1. The number of nitrogens with one attached hydrogen (secondary N) is 2. The van der Waals surface area contributed by atoms with Crippen LogP contribution in [0.5, 0.6) is 0 Å². The number of hydrogen-bond donors (Lipinski definition) is 3. The van der Waals surface area contributed by atoms with Crippen LogP contribution in [0, 0.1) is 17.0 Å². The number of aliphatic hydroxyl groups is 1. The van der Waals surface area contributed by atoms with E-state index in [-0.39, 0.29) is 34.9 Å². The molecule has 4 aromatic carbocycles. The number of aryl methyl sites for hydroxylation is 1. The number of aliphatic hydroxyl groups excluding tert-OH is 1. The Kier molecular flexibility index (Phi) is 11.4. The number of amidine groups is 1. The van der Waals surface area contributed by atoms with E-state index in [0.717, 1.165) is 15.9 Å². The lowest BCUT2D eigenvalue weighted by Crippen LogP contribution is -2.52. The molecule has 0 radical (unpaired) electrons. The van der Waals surface area contributed by atoms with Crippen LogP contribution in [0.1, 0.15) is 18.2 Å². The molecule has 5 aromatic rings. The van der Waals surface area contributed by atoms with Crippen LogP contribution >= 0.6 is 30.6 Å². The van der Waals surface area contributed by atoms with Crippen LogP contribution < -0.4 is 32.3 Å². The van der Waals surface area contributed by atoms with Crippen molar-refractivity contribution < 1.29 is 14.4 Å². The van der Waals surface area contributed by atoms with E-state index >= 15 is 0 Å². The van der Waals surface area contributed by atoms with Crippen molar-refractivity contribution in [3.8, 4) is 0 Å². The second kappa shape index (κ2) is 16.3. The van der Waals surface area contributed by atoms with Crippen LogP contribution in [0.3, 0.4) is 0 Å². The van der Waals surface area contributed by atoms with Crippen molar-refractivity contribution in [3.63, 3.8) is 0 Å². The fourth-order valence-corrected chi connectivity index (χ4v) is 10.9. The molecule has 6 rings (SSSR count). The van der Waals surface area contributed by atoms with Gasteiger partial charge in [-0.3, -0.25) is 20.3 Å². The predicted molar refractivity (Wildman–Crippen MR) is 212 cm³/mol. The van der Waals surface area contributed by atoms with Gasteiger partial charge in [-0.05, 0) is 44.1 Å². The molecular weight excluding hydrogens is 732 g/mol. The highest BCUT2D eigenvalue weighted by molar-refractivity contribution is 8.13. The Bertz CT molecular complexity index is 2230. The van der Waals surface area contributed by atoms with E-state index in [2.05, 4.69) is 66.9 Å². The van der Waals surface area contributed by atoms with Gasteiger partial charge >= 0.3 is 11.5 Å². The number of thioether (sulfide) groups is 2. The number of hydrogen-bond acceptors (Lipinski definition) is 12. The monoisotopic (exact) mass is 767 g/mol. The molecule has 3 N–H and O–H groups in total. The molecule has 1 aromatic heterocycles. The minimum atomic E-state index is -3.07. The summed E-state index contributed by atoms with van der Waals surface area (Å²) in [6.07, 6.45) is 3.59. The normalized spacial score (nSPS) is 13.3. The van der Waals surface area contributed by atoms with E-state index in [4.69, 9.17) is 5.10 Å². The molecular formula is C36H36N10O4PS2+. The Morgan fingerprint density at radius 2 is 1.42 bits per heavy atom. The number of guanidine groups is 1. The van der Waals surface area contributed by atoms with Gasteiger partial charge in [-0.15, -0.1) is 25.0 Å². The Hall–Kier alpha value is -5.70. The van der Waals surface area contributed by atoms with Gasteiger partial charge in [-0.25, -0.2) is 4.33 Å². The molecule has 0 amide bonds. The van der Waals surface area contributed by atoms with Crippen molar-refractivity contribution in [2.45, 2.75) is 25.5 Å². The third-order valence-corrected chi connectivity index (χ3v) is 13.7. The van der Waals surface area contributed by atoms with E-state index in [1.165, 1.54) is 45.3 Å². The van der Waals surface area contributed by atoms with Crippen LogP contribution in [0.4, 0.5) is 5.69 Å². The van der Waals surface area contributed by atoms with Crippen molar-refractivity contribution in [2.75, 3.05) is 12.5 Å². The Labute approximate surface area is 314 Å². The SMILES string of the molecule is CSC1=NNC(C)=C(O)N1N/C(=N\n1c(SC)nnc(C)c1=O)[N+](Cc1ccc([N+](=O)[O-])cc1)=P(c1ccccc1)(c1ccccc1)c1ccccc1. The fourth-order valence-electron chi connectivity index (χ4n) is 5.73. The zero-order chi connectivity index (χ0) is 37.5. The number of hydrazine groups is 1. The van der Waals surface area contributed by atoms with Gasteiger partial charge in [0.05, 0.1) is 24.2 Å². The lowest BCUT2D eigenvalue weighted by atomic mass is 10.2. The van der Waals surface area contributed by atoms with Crippen molar-refractivity contribution in [1.82, 2.24) is 30.7 Å². The summed E-state index contributed by atoms with van der Waals surface area (Å²) in [5.74, 6) is -0.0297. The van der Waals surface area contributed by atoms with Crippen LogP contribution in [-0.2, 0) is 6.54 Å². The average molecular weight is 768 g/mol. The third-order valence-electron chi connectivity index (χ3n) is 8.27. The second-order valence-corrected chi connectivity index (χ2v) is 16.4. The molecule has 0 aliphatic carbocycles. The van der Waals surface area contributed by atoms with Crippen LogP contribution in [0.25, 0.3) is 0 Å². The van der Waals surface area contributed by atoms with Gasteiger partial charge in [0.1, 0.15) is 5.69 Å². The molecule has 270 valence electrons. The maximum absolute atomic E-state index is 13.9. The molecule has 0 unspecified atom stereocenters. The predicted octanol–water partition coefficient (Wildman–Crippen LogP) is 4.88. The highest BCUT2D eigenvalue weighted by atomic mass is 32.2. The quantitative estimate of drug-likeness (QED) is 0.0468. The smallest absolute Gasteiger partial charge is 0.434 e. The molecule has 0 fully saturated rings. The molecule has 0 spiro atoms. The number of benzene rings is 4. The number of hydrazone groups is 1. The molecule has 0 saturated carbocycles. The molecule has 0 bridgehead atoms. The molecule has 53 heavy (non-hydrogen) atoms. The van der Waals surface area contributed by atoms with E-state index in [9.17, 15) is 20.0 Å². The number of nitro groups is 1. The maximum atomic E-state index is 13.9. The van der Waals surface area contributed by atoms with Gasteiger partial charge in [-0.2, -0.15) is 5.43 Å². The minimum Gasteiger partial charge on any atom is -0.491 e. The first-order chi connectivity index (χ1) is 25.7. The van der Waals surface area contributed by atoms with Crippen molar-refractivity contribution in [2.24, 2.45) is 10.2 Å². The van der Waals surface area contributed by atoms with Gasteiger partial charge in [0.2, 0.25) is 16.2 Å². The summed E-state index contributed by atoms with van der Waals surface area (Å²) in [5.41, 5.74) is 6.89. The van der Waals surface area contributed by atoms with Crippen LogP contribution in [0.2, 0.25) is 0 Å². The number of non-ortho nitro benzene ring substituents is 1. The molecule has 2 heterocycles. The van der Waals surface area contributed by atoms with Gasteiger partial charge in [0.15, 0.2) is 0 Å². The topological polar surface area (TPSA) is 166 Å². The van der Waals surface area contributed by atoms with Gasteiger partial charge in [0.25, 0.3) is 5.69 Å². The summed E-state index contributed by atoms with van der Waals surface area (Å²) in [6.45, 7) is 3.38. The zero-order valence-electron chi connectivity index (χ0n) is 29.2. The molecule has 0 saturated heterocycles. The summed E-state index contributed by atoms with van der Waals surface area (Å²) >= 11 is 2.47. The van der Waals surface area contributed by atoms with E-state index in [0.29, 0.717) is 16.4 Å². The van der Waals surface area contributed by atoms with E-state index in [1.807, 2.05) is 60.9 Å². The van der Waals surface area contributed by atoms with Gasteiger partial charge in [0, 0.05) is 33.1 Å². The van der Waals surface area contributed by atoms with Gasteiger partial charge in [-0.1, -0.05) is 115 Å². The zero-order valence-corrected chi connectivity index (χ0v) is 31.7. The highest BCUT2D eigenvalue weighted by Gasteiger charge is 2.39. The first-order valence-electron chi connectivity index (χ1n) is 16.2. The lowest BCUT2D eigenvalue weighted by molar-refractivity contribution is -0.410. The summed E-state index contributed by atoms with van der Waals surface area (Å²) in [6, 6.07) is 36.4. The number of rotatable bonds is 9. The molecule has 1 aliphatic heterocycles. The van der Waals surface area contributed by atoms with Crippen molar-refractivity contribution >= 4 is 63.3 Å². The van der Waals surface area contributed by atoms with Crippen LogP contribution in [-0.4, -0.2) is 57.9 Å². The highest BCUT2D eigenvalue weighted by Crippen LogP contribution is 2.46. The van der Waals surface area contributed by atoms with Crippen molar-refractivity contribution in [1.29, 1.82) is 0 Å². The molecule has 1 aliphatic rings. The first kappa shape index (κ1) is 37.1. The third kappa shape index (κ3) is 7.47. The standard InChI is InChI=1S/C36H35N10O4PS2/c1-25-32(47)44(35(52-3)39-37-25)41-34(42-45-33(48)26(2)38-40-36(45)53-4)43(24-27-20-22-28(23-21-27)46(49)50)51(29-14-8-5-9-15-29,30-16-10-6-11-17-30)31-18-12-7-13-19-31/h5-23H,24H2,1-4H3,(H2-,37,38,41,42,47,48)/p+1. The fraction of sp³-hybridized carbons (Fsp3) is 0.139. The Morgan fingerprint density at radius 1 is 0.868 bits per heavy atom. The summed E-state index contributed by atoms with van der Waals surface area (Å²) in [7, 11) is -3.07. The minimum absolute atomic E-state index is 0.0516. The summed E-state index contributed by atoms with van der Waals surface area (Å²) < 4.78 is 3.28. The van der Waals surface area contributed by atoms with Crippen molar-refractivity contribution in [3.05, 3.63) is 159 Å². The van der Waals surface area contributed by atoms with E-state index in [1.54, 1.807) is 32.2 Å². The molecule has 0 atom stereocenters. The largest absolute Gasteiger partial charge is 0.491 e. The molecule has 17 heteroatoms. The summed E-state index contributed by atoms with van der Waals surface area (Å²) in [4.78, 5) is 25.1. The van der Waals surface area contributed by atoms with Gasteiger partial charge < -0.3 is 5.11 Å². The maximum Gasteiger partial charge on any atom is 0.434 e. The van der Waals surface area contributed by atoms with E-state index < -0.39 is 17.5 Å². The number of allylic oxidation sites excluding steroid dienone is 1. The number of nitrogens with zero attached hydrogens (tertiary/aromatic N) is 8. The second-order valence-electron chi connectivity index (χ2n) is 11.5. The number of aromatic nitrogens is 3. The Balaban J connectivity index is 1.85. The van der Waals surface area contributed by atoms with Crippen LogP contribution in [0.15, 0.2) is 147 Å². The molecule has 14 nitrogen and oxygen atoms in total.